The van der Waals surface area contributed by atoms with Crippen LogP contribution in [0.5, 0.6) is 0 Å². The molecule has 1 heterocycles. The summed E-state index contributed by atoms with van der Waals surface area (Å²) in [5, 5.41) is 0.879. The highest BCUT2D eigenvalue weighted by Crippen LogP contribution is 2.34. The average molecular weight is 228 g/mol. The fourth-order valence-electron chi connectivity index (χ4n) is 1.82. The smallest absolute Gasteiger partial charge is 0.0452 e. The van der Waals surface area contributed by atoms with E-state index in [9.17, 15) is 0 Å². The summed E-state index contributed by atoms with van der Waals surface area (Å²) in [5.41, 5.74) is 9.81. The molecule has 1 aromatic carbocycles. The van der Waals surface area contributed by atoms with Crippen LogP contribution in [0.2, 0.25) is 5.02 Å². The Morgan fingerprint density at radius 2 is 2.29 bits per heavy atom. The summed E-state index contributed by atoms with van der Waals surface area (Å²) in [5.74, 6) is 2.13. The Kier molecular flexibility index (Phi) is 3.05. The van der Waals surface area contributed by atoms with E-state index < -0.39 is 0 Å². The van der Waals surface area contributed by atoms with Gasteiger partial charge in [-0.05, 0) is 41.9 Å². The van der Waals surface area contributed by atoms with E-state index in [0.29, 0.717) is 0 Å². The van der Waals surface area contributed by atoms with Crippen LogP contribution in [0.25, 0.3) is 0 Å². The monoisotopic (exact) mass is 227 g/mol. The minimum absolute atomic E-state index is 0.164. The third-order valence-electron chi connectivity index (χ3n) is 2.59. The molecule has 2 rings (SSSR count). The average Bonchev–Trinajstić information content (AvgIpc) is 2.29. The van der Waals surface area contributed by atoms with Crippen molar-refractivity contribution in [3.8, 4) is 0 Å². The van der Waals surface area contributed by atoms with Gasteiger partial charge in [0.15, 0.2) is 0 Å². The Morgan fingerprint density at radius 3 is 3.07 bits per heavy atom. The summed E-state index contributed by atoms with van der Waals surface area (Å²) >= 11 is 8.13. The molecule has 0 spiro atoms. The Labute approximate surface area is 94.0 Å². The molecule has 1 aliphatic heterocycles. The maximum absolute atomic E-state index is 6.22. The molecular formula is C11H14ClNS. The lowest BCUT2D eigenvalue weighted by Crippen LogP contribution is -2.11. The number of benzene rings is 1. The van der Waals surface area contributed by atoms with Gasteiger partial charge in [-0.1, -0.05) is 17.7 Å². The van der Waals surface area contributed by atoms with Gasteiger partial charge in [0.25, 0.3) is 0 Å². The normalized spacial score (nSPS) is 21.5. The van der Waals surface area contributed by atoms with Gasteiger partial charge in [-0.3, -0.25) is 0 Å². The first-order valence-corrected chi connectivity index (χ1v) is 6.34. The topological polar surface area (TPSA) is 26.0 Å². The molecule has 0 saturated carbocycles. The highest BCUT2D eigenvalue weighted by atomic mass is 35.5. The van der Waals surface area contributed by atoms with E-state index >= 15 is 0 Å². The van der Waals surface area contributed by atoms with Gasteiger partial charge in [0.05, 0.1) is 0 Å². The number of rotatable bonds is 0. The molecule has 1 aliphatic rings. The third-order valence-corrected chi connectivity index (χ3v) is 3.95. The summed E-state index contributed by atoms with van der Waals surface area (Å²) in [6.07, 6.45) is 1.05. The van der Waals surface area contributed by atoms with Gasteiger partial charge in [0.1, 0.15) is 0 Å². The minimum Gasteiger partial charge on any atom is -0.324 e. The minimum atomic E-state index is 0.164. The molecule has 0 unspecified atom stereocenters. The summed E-state index contributed by atoms with van der Waals surface area (Å²) in [6.45, 7) is 2.07. The molecule has 2 N–H and O–H groups in total. The van der Waals surface area contributed by atoms with E-state index in [0.717, 1.165) is 22.9 Å². The predicted molar refractivity (Wildman–Crippen MR) is 63.9 cm³/mol. The second kappa shape index (κ2) is 4.13. The van der Waals surface area contributed by atoms with Gasteiger partial charge in [-0.25, -0.2) is 0 Å². The van der Waals surface area contributed by atoms with Gasteiger partial charge < -0.3 is 5.73 Å². The number of nitrogens with two attached hydrogens (primary N) is 1. The number of hydrogen-bond donors (Lipinski definition) is 1. The quantitative estimate of drug-likeness (QED) is 0.736. The predicted octanol–water partition coefficient (Wildman–Crippen LogP) is 3.29. The van der Waals surface area contributed by atoms with Crippen LogP contribution in [0.1, 0.15) is 29.2 Å². The van der Waals surface area contributed by atoms with E-state index in [1.54, 1.807) is 0 Å². The van der Waals surface area contributed by atoms with Gasteiger partial charge in [0, 0.05) is 16.8 Å². The van der Waals surface area contributed by atoms with Crippen molar-refractivity contribution in [1.29, 1.82) is 0 Å². The van der Waals surface area contributed by atoms with E-state index in [1.807, 2.05) is 17.8 Å². The van der Waals surface area contributed by atoms with Gasteiger partial charge >= 0.3 is 0 Å². The molecule has 3 heteroatoms. The standard InChI is InChI=1S/C11H14ClNS/c1-7-4-8-9(10(12)5-7)6-14-3-2-11(8)13/h4-5,11H,2-3,6,13H2,1H3/t11-/m0/s1. The zero-order valence-corrected chi connectivity index (χ0v) is 9.79. The molecule has 1 nitrogen and oxygen atoms in total. The molecule has 0 saturated heterocycles. The Balaban J connectivity index is 2.53. The fourth-order valence-corrected chi connectivity index (χ4v) is 3.34. The number of hydrogen-bond acceptors (Lipinski definition) is 2. The molecular weight excluding hydrogens is 214 g/mol. The molecule has 0 radical (unpaired) electrons. The van der Waals surface area contributed by atoms with Crippen LogP contribution in [0.4, 0.5) is 0 Å². The third kappa shape index (κ3) is 1.92. The molecule has 76 valence electrons. The highest BCUT2D eigenvalue weighted by Gasteiger charge is 2.17. The molecule has 0 aromatic heterocycles. The van der Waals surface area contributed by atoms with Crippen molar-refractivity contribution in [3.05, 3.63) is 33.8 Å². The van der Waals surface area contributed by atoms with Crippen LogP contribution in [0.3, 0.4) is 0 Å². The highest BCUT2D eigenvalue weighted by molar-refractivity contribution is 7.98. The van der Waals surface area contributed by atoms with E-state index in [-0.39, 0.29) is 6.04 Å². The van der Waals surface area contributed by atoms with Crippen LogP contribution in [-0.4, -0.2) is 5.75 Å². The number of thioether (sulfide) groups is 1. The molecule has 0 amide bonds. The van der Waals surface area contributed by atoms with Crippen LogP contribution in [0, 0.1) is 6.92 Å². The Bertz CT molecular complexity index is 351. The Morgan fingerprint density at radius 1 is 1.50 bits per heavy atom. The van der Waals surface area contributed by atoms with Gasteiger partial charge in [-0.2, -0.15) is 11.8 Å². The molecule has 14 heavy (non-hydrogen) atoms. The van der Waals surface area contributed by atoms with Crippen LogP contribution >= 0.6 is 23.4 Å². The Hall–Kier alpha value is -0.180. The summed E-state index contributed by atoms with van der Waals surface area (Å²) in [6, 6.07) is 4.37. The van der Waals surface area contributed by atoms with Gasteiger partial charge in [-0.15, -0.1) is 0 Å². The van der Waals surface area contributed by atoms with Gasteiger partial charge in [0.2, 0.25) is 0 Å². The molecule has 0 aliphatic carbocycles. The second-order valence-electron chi connectivity index (χ2n) is 3.76. The van der Waals surface area contributed by atoms with Crippen molar-refractivity contribution in [2.45, 2.75) is 25.1 Å². The molecule has 1 atom stereocenters. The number of halogens is 1. The van der Waals surface area contributed by atoms with Crippen LogP contribution in [0.15, 0.2) is 12.1 Å². The first-order valence-electron chi connectivity index (χ1n) is 4.80. The van der Waals surface area contributed by atoms with Crippen molar-refractivity contribution in [2.75, 3.05) is 5.75 Å². The lowest BCUT2D eigenvalue weighted by molar-refractivity contribution is 0.705. The maximum Gasteiger partial charge on any atom is 0.0452 e. The second-order valence-corrected chi connectivity index (χ2v) is 5.27. The molecule has 0 fully saturated rings. The lowest BCUT2D eigenvalue weighted by Gasteiger charge is -2.14. The largest absolute Gasteiger partial charge is 0.324 e. The van der Waals surface area contributed by atoms with Crippen molar-refractivity contribution < 1.29 is 0 Å². The lowest BCUT2D eigenvalue weighted by atomic mass is 9.98. The van der Waals surface area contributed by atoms with Crippen molar-refractivity contribution >= 4 is 23.4 Å². The van der Waals surface area contributed by atoms with Crippen molar-refractivity contribution in [1.82, 2.24) is 0 Å². The van der Waals surface area contributed by atoms with E-state index in [2.05, 4.69) is 13.0 Å². The molecule has 1 aromatic rings. The SMILES string of the molecule is Cc1cc(Cl)c2c(c1)[C@@H](N)CCSC2. The zero-order valence-electron chi connectivity index (χ0n) is 8.22. The van der Waals surface area contributed by atoms with Crippen LogP contribution in [-0.2, 0) is 5.75 Å². The van der Waals surface area contributed by atoms with E-state index in [1.165, 1.54) is 16.7 Å². The summed E-state index contributed by atoms with van der Waals surface area (Å²) in [7, 11) is 0. The number of aryl methyl sites for hydroxylation is 1. The van der Waals surface area contributed by atoms with Crippen molar-refractivity contribution in [2.24, 2.45) is 5.73 Å². The zero-order chi connectivity index (χ0) is 10.1. The maximum atomic E-state index is 6.22. The summed E-state index contributed by atoms with van der Waals surface area (Å²) in [4.78, 5) is 0. The molecule has 0 bridgehead atoms. The number of fused-ring (bicyclic) bond motifs is 1. The first kappa shape index (κ1) is 10.3. The van der Waals surface area contributed by atoms with E-state index in [4.69, 9.17) is 17.3 Å². The first-order chi connectivity index (χ1) is 6.68. The fraction of sp³-hybridized carbons (Fsp3) is 0.455. The van der Waals surface area contributed by atoms with Crippen LogP contribution < -0.4 is 5.73 Å². The van der Waals surface area contributed by atoms with Crippen molar-refractivity contribution in [3.63, 3.8) is 0 Å². The summed E-state index contributed by atoms with van der Waals surface area (Å²) < 4.78 is 0.